The van der Waals surface area contributed by atoms with Gasteiger partial charge in [0.05, 0.1) is 16.2 Å². The van der Waals surface area contributed by atoms with Crippen LogP contribution in [0.5, 0.6) is 0 Å². The Hall–Kier alpha value is -1.32. The average molecular weight is 290 g/mol. The molecule has 1 aliphatic rings. The van der Waals surface area contributed by atoms with Crippen LogP contribution in [0.15, 0.2) is 30.5 Å². The maximum Gasteiger partial charge on any atom is 0.0950 e. The van der Waals surface area contributed by atoms with Gasteiger partial charge in [-0.25, -0.2) is 0 Å². The Morgan fingerprint density at radius 2 is 2.30 bits per heavy atom. The van der Waals surface area contributed by atoms with E-state index in [1.165, 1.54) is 18.5 Å². The molecule has 20 heavy (non-hydrogen) atoms. The Balaban J connectivity index is 1.95. The summed E-state index contributed by atoms with van der Waals surface area (Å²) in [6.07, 6.45) is 4.27. The Morgan fingerprint density at radius 3 is 3.15 bits per heavy atom. The van der Waals surface area contributed by atoms with Crippen LogP contribution >= 0.6 is 11.6 Å². The van der Waals surface area contributed by atoms with Crippen molar-refractivity contribution in [2.45, 2.75) is 25.8 Å². The predicted octanol–water partition coefficient (Wildman–Crippen LogP) is 3.47. The number of anilines is 1. The molecule has 3 nitrogen and oxygen atoms in total. The summed E-state index contributed by atoms with van der Waals surface area (Å²) in [6, 6.07) is 8.64. The summed E-state index contributed by atoms with van der Waals surface area (Å²) in [5.41, 5.74) is 2.21. The molecule has 0 saturated carbocycles. The molecule has 1 N–H and O–H groups in total. The zero-order valence-corrected chi connectivity index (χ0v) is 12.5. The molecule has 0 amide bonds. The van der Waals surface area contributed by atoms with Gasteiger partial charge in [0.25, 0.3) is 0 Å². The van der Waals surface area contributed by atoms with Crippen molar-refractivity contribution >= 4 is 28.2 Å². The van der Waals surface area contributed by atoms with E-state index in [0.717, 1.165) is 35.6 Å². The van der Waals surface area contributed by atoms with Gasteiger partial charge < -0.3 is 10.2 Å². The second-order valence-corrected chi connectivity index (χ2v) is 5.76. The van der Waals surface area contributed by atoms with Crippen LogP contribution in [-0.4, -0.2) is 30.7 Å². The lowest BCUT2D eigenvalue weighted by Crippen LogP contribution is -2.50. The van der Waals surface area contributed by atoms with Crippen molar-refractivity contribution in [3.8, 4) is 0 Å². The fourth-order valence-electron chi connectivity index (χ4n) is 2.96. The maximum atomic E-state index is 6.28. The first-order valence-corrected chi connectivity index (χ1v) is 7.69. The summed E-state index contributed by atoms with van der Waals surface area (Å²) in [5.74, 6) is 0. The number of piperazine rings is 1. The number of nitrogens with zero attached hydrogens (tertiary/aromatic N) is 2. The van der Waals surface area contributed by atoms with Gasteiger partial charge in [-0.05, 0) is 30.7 Å². The van der Waals surface area contributed by atoms with Crippen molar-refractivity contribution < 1.29 is 0 Å². The number of hydrogen-bond acceptors (Lipinski definition) is 3. The highest BCUT2D eigenvalue weighted by Gasteiger charge is 2.20. The summed E-state index contributed by atoms with van der Waals surface area (Å²) >= 11 is 6.28. The fourth-order valence-corrected chi connectivity index (χ4v) is 3.18. The highest BCUT2D eigenvalue weighted by atomic mass is 35.5. The largest absolute Gasteiger partial charge is 0.367 e. The molecule has 2 heterocycles. The van der Waals surface area contributed by atoms with E-state index in [9.17, 15) is 0 Å². The monoisotopic (exact) mass is 289 g/mol. The van der Waals surface area contributed by atoms with Gasteiger partial charge in [0.1, 0.15) is 0 Å². The Bertz CT molecular complexity index is 597. The first kappa shape index (κ1) is 13.7. The van der Waals surface area contributed by atoms with Crippen LogP contribution in [0.3, 0.4) is 0 Å². The lowest BCUT2D eigenvalue weighted by molar-refractivity contribution is 0.431. The van der Waals surface area contributed by atoms with Crippen molar-refractivity contribution in [1.82, 2.24) is 10.3 Å². The molecule has 1 fully saturated rings. The number of fused-ring (bicyclic) bond motifs is 1. The number of halogens is 1. The van der Waals surface area contributed by atoms with E-state index >= 15 is 0 Å². The Morgan fingerprint density at radius 1 is 1.40 bits per heavy atom. The zero-order chi connectivity index (χ0) is 13.9. The van der Waals surface area contributed by atoms with Gasteiger partial charge in [-0.3, -0.25) is 4.98 Å². The van der Waals surface area contributed by atoms with E-state index in [-0.39, 0.29) is 0 Å². The van der Waals surface area contributed by atoms with Crippen LogP contribution in [0.4, 0.5) is 5.69 Å². The highest BCUT2D eigenvalue weighted by Crippen LogP contribution is 2.31. The minimum Gasteiger partial charge on any atom is -0.367 e. The number of nitrogens with one attached hydrogen (secondary N) is 1. The minimum absolute atomic E-state index is 0.572. The van der Waals surface area contributed by atoms with Crippen LogP contribution in [0, 0.1) is 0 Å². The zero-order valence-electron chi connectivity index (χ0n) is 11.8. The first-order valence-electron chi connectivity index (χ1n) is 7.31. The average Bonchev–Trinajstić information content (AvgIpc) is 2.49. The number of hydrogen-bond donors (Lipinski definition) is 1. The smallest absolute Gasteiger partial charge is 0.0950 e. The number of benzene rings is 1. The van der Waals surface area contributed by atoms with Gasteiger partial charge in [0.2, 0.25) is 0 Å². The van der Waals surface area contributed by atoms with Crippen LogP contribution < -0.4 is 10.2 Å². The molecular weight excluding hydrogens is 270 g/mol. The standard InChI is InChI=1S/C16H20ClN3/c1-2-4-12-11-20(10-9-18-12)15-7-6-14(17)13-5-3-8-19-16(13)15/h3,5-8,12,18H,2,4,9-11H2,1H3. The molecule has 0 spiro atoms. The van der Waals surface area contributed by atoms with Crippen molar-refractivity contribution in [1.29, 1.82) is 0 Å². The second-order valence-electron chi connectivity index (χ2n) is 5.35. The molecular formula is C16H20ClN3. The van der Waals surface area contributed by atoms with Crippen molar-refractivity contribution in [3.05, 3.63) is 35.5 Å². The van der Waals surface area contributed by atoms with Gasteiger partial charge in [-0.15, -0.1) is 0 Å². The summed E-state index contributed by atoms with van der Waals surface area (Å²) < 4.78 is 0. The highest BCUT2D eigenvalue weighted by molar-refractivity contribution is 6.35. The number of rotatable bonds is 3. The predicted molar refractivity (Wildman–Crippen MR) is 85.7 cm³/mol. The van der Waals surface area contributed by atoms with E-state index in [2.05, 4.69) is 28.2 Å². The van der Waals surface area contributed by atoms with Gasteiger partial charge in [0.15, 0.2) is 0 Å². The Labute approximate surface area is 124 Å². The molecule has 1 aliphatic heterocycles. The third kappa shape index (κ3) is 2.60. The minimum atomic E-state index is 0.572. The molecule has 0 bridgehead atoms. The van der Waals surface area contributed by atoms with Crippen LogP contribution in [0.1, 0.15) is 19.8 Å². The first-order chi connectivity index (χ1) is 9.79. The molecule has 1 unspecified atom stereocenters. The molecule has 1 aromatic heterocycles. The van der Waals surface area contributed by atoms with Crippen molar-refractivity contribution in [2.75, 3.05) is 24.5 Å². The topological polar surface area (TPSA) is 28.2 Å². The fraction of sp³-hybridized carbons (Fsp3) is 0.438. The number of aromatic nitrogens is 1. The molecule has 2 aromatic rings. The number of pyridine rings is 1. The SMILES string of the molecule is CCCC1CN(c2ccc(Cl)c3cccnc23)CCN1. The molecule has 1 saturated heterocycles. The quantitative estimate of drug-likeness (QED) is 0.938. The van der Waals surface area contributed by atoms with Gasteiger partial charge in [-0.2, -0.15) is 0 Å². The van der Waals surface area contributed by atoms with Crippen LogP contribution in [-0.2, 0) is 0 Å². The van der Waals surface area contributed by atoms with Crippen molar-refractivity contribution in [3.63, 3.8) is 0 Å². The normalized spacial score (nSPS) is 19.5. The molecule has 1 atom stereocenters. The third-order valence-corrected chi connectivity index (χ3v) is 4.26. The molecule has 0 aliphatic carbocycles. The van der Waals surface area contributed by atoms with Crippen LogP contribution in [0.25, 0.3) is 10.9 Å². The van der Waals surface area contributed by atoms with E-state index < -0.39 is 0 Å². The molecule has 106 valence electrons. The summed E-state index contributed by atoms with van der Waals surface area (Å²) in [7, 11) is 0. The van der Waals surface area contributed by atoms with Gasteiger partial charge in [0, 0.05) is 37.3 Å². The molecule has 4 heteroatoms. The van der Waals surface area contributed by atoms with Gasteiger partial charge in [-0.1, -0.05) is 24.9 Å². The second kappa shape index (κ2) is 5.98. The molecule has 0 radical (unpaired) electrons. The van der Waals surface area contributed by atoms with E-state index in [1.54, 1.807) is 0 Å². The Kier molecular flexibility index (Phi) is 4.08. The van der Waals surface area contributed by atoms with Crippen molar-refractivity contribution in [2.24, 2.45) is 0 Å². The van der Waals surface area contributed by atoms with E-state index in [1.807, 2.05) is 24.4 Å². The van der Waals surface area contributed by atoms with E-state index in [4.69, 9.17) is 11.6 Å². The van der Waals surface area contributed by atoms with Crippen LogP contribution in [0.2, 0.25) is 5.02 Å². The lowest BCUT2D eigenvalue weighted by atomic mass is 10.1. The van der Waals surface area contributed by atoms with Gasteiger partial charge >= 0.3 is 0 Å². The molecule has 3 rings (SSSR count). The summed E-state index contributed by atoms with van der Waals surface area (Å²) in [6.45, 7) is 5.33. The molecule has 1 aromatic carbocycles. The van der Waals surface area contributed by atoms with E-state index in [0.29, 0.717) is 6.04 Å². The summed E-state index contributed by atoms with van der Waals surface area (Å²) in [5, 5.41) is 5.41. The third-order valence-electron chi connectivity index (χ3n) is 3.93. The summed E-state index contributed by atoms with van der Waals surface area (Å²) in [4.78, 5) is 6.97. The maximum absolute atomic E-state index is 6.28. The lowest BCUT2D eigenvalue weighted by Gasteiger charge is -2.35.